The van der Waals surface area contributed by atoms with E-state index < -0.39 is 5.60 Å². The van der Waals surface area contributed by atoms with Crippen molar-refractivity contribution in [2.24, 2.45) is 11.8 Å². The lowest BCUT2D eigenvalue weighted by Crippen LogP contribution is -2.35. The molecule has 0 aromatic heterocycles. The van der Waals surface area contributed by atoms with Crippen LogP contribution in [-0.2, 0) is 5.60 Å². The summed E-state index contributed by atoms with van der Waals surface area (Å²) in [7, 11) is 0. The first-order valence-corrected chi connectivity index (χ1v) is 7.01. The number of rotatable bonds is 3. The molecule has 2 nitrogen and oxygen atoms in total. The van der Waals surface area contributed by atoms with Gasteiger partial charge in [-0.1, -0.05) is 26.0 Å². The Morgan fingerprint density at radius 3 is 2.44 bits per heavy atom. The van der Waals surface area contributed by atoms with Crippen LogP contribution in [0.5, 0.6) is 5.75 Å². The Morgan fingerprint density at radius 2 is 1.89 bits per heavy atom. The molecule has 0 bridgehead atoms. The maximum absolute atomic E-state index is 10.8. The van der Waals surface area contributed by atoms with E-state index in [1.165, 1.54) is 0 Å². The monoisotopic (exact) mass is 248 g/mol. The van der Waals surface area contributed by atoms with Gasteiger partial charge in [-0.2, -0.15) is 0 Å². The van der Waals surface area contributed by atoms with Crippen molar-refractivity contribution in [3.8, 4) is 5.75 Å². The third kappa shape index (κ3) is 2.69. The fourth-order valence-electron chi connectivity index (χ4n) is 2.88. The number of benzene rings is 1. The predicted molar refractivity (Wildman–Crippen MR) is 73.7 cm³/mol. The second-order valence-electron chi connectivity index (χ2n) is 5.69. The molecule has 3 unspecified atom stereocenters. The first kappa shape index (κ1) is 13.4. The Hall–Kier alpha value is -1.02. The molecule has 2 rings (SSSR count). The van der Waals surface area contributed by atoms with Crippen molar-refractivity contribution in [3.63, 3.8) is 0 Å². The second-order valence-corrected chi connectivity index (χ2v) is 5.69. The highest BCUT2D eigenvalue weighted by Gasteiger charge is 2.37. The van der Waals surface area contributed by atoms with Gasteiger partial charge in [-0.25, -0.2) is 0 Å². The Kier molecular flexibility index (Phi) is 3.96. The van der Waals surface area contributed by atoms with Gasteiger partial charge < -0.3 is 9.84 Å². The summed E-state index contributed by atoms with van der Waals surface area (Å²) in [5.41, 5.74) is 0.390. The van der Waals surface area contributed by atoms with Crippen LogP contribution < -0.4 is 4.74 Å². The summed E-state index contributed by atoms with van der Waals surface area (Å²) >= 11 is 0. The van der Waals surface area contributed by atoms with Crippen LogP contribution in [0.15, 0.2) is 24.3 Å². The molecular weight excluding hydrogens is 224 g/mol. The minimum absolute atomic E-state index is 0.579. The molecule has 0 heterocycles. The SMILES string of the molecule is CCOc1ccc(C2(O)CCC(C)C(C)C2)cc1. The van der Waals surface area contributed by atoms with E-state index in [9.17, 15) is 5.11 Å². The maximum Gasteiger partial charge on any atom is 0.119 e. The molecule has 0 aliphatic heterocycles. The third-order valence-electron chi connectivity index (χ3n) is 4.35. The highest BCUT2D eigenvalue weighted by Crippen LogP contribution is 2.42. The number of ether oxygens (including phenoxy) is 1. The first-order chi connectivity index (χ1) is 8.55. The van der Waals surface area contributed by atoms with E-state index in [1.807, 2.05) is 31.2 Å². The van der Waals surface area contributed by atoms with Crippen molar-refractivity contribution in [2.75, 3.05) is 6.61 Å². The van der Waals surface area contributed by atoms with Gasteiger partial charge in [-0.3, -0.25) is 0 Å². The summed E-state index contributed by atoms with van der Waals surface area (Å²) in [6.45, 7) is 7.18. The standard InChI is InChI=1S/C16H24O2/c1-4-18-15-7-5-14(6-8-15)16(17)10-9-12(2)13(3)11-16/h5-8,12-13,17H,4,9-11H2,1-3H3. The van der Waals surface area contributed by atoms with Crippen molar-refractivity contribution in [1.29, 1.82) is 0 Å². The van der Waals surface area contributed by atoms with Crippen LogP contribution in [0, 0.1) is 11.8 Å². The maximum atomic E-state index is 10.8. The molecule has 0 amide bonds. The van der Waals surface area contributed by atoms with Gasteiger partial charge >= 0.3 is 0 Å². The summed E-state index contributed by atoms with van der Waals surface area (Å²) in [5.74, 6) is 2.17. The average Bonchev–Trinajstić information content (AvgIpc) is 2.36. The van der Waals surface area contributed by atoms with Crippen molar-refractivity contribution >= 4 is 0 Å². The molecule has 2 heteroatoms. The van der Waals surface area contributed by atoms with Gasteiger partial charge in [0.05, 0.1) is 12.2 Å². The van der Waals surface area contributed by atoms with Gasteiger partial charge in [-0.05, 0) is 55.7 Å². The lowest BCUT2D eigenvalue weighted by atomic mass is 9.70. The molecule has 1 aromatic carbocycles. The molecule has 3 atom stereocenters. The molecule has 0 spiro atoms. The predicted octanol–water partition coefficient (Wildman–Crippen LogP) is 3.73. The number of hydrogen-bond donors (Lipinski definition) is 1. The van der Waals surface area contributed by atoms with Gasteiger partial charge in [0.1, 0.15) is 5.75 Å². The van der Waals surface area contributed by atoms with E-state index in [0.29, 0.717) is 18.4 Å². The zero-order valence-electron chi connectivity index (χ0n) is 11.6. The Balaban J connectivity index is 2.14. The first-order valence-electron chi connectivity index (χ1n) is 7.01. The van der Waals surface area contributed by atoms with Gasteiger partial charge in [0.2, 0.25) is 0 Å². The van der Waals surface area contributed by atoms with E-state index in [1.54, 1.807) is 0 Å². The van der Waals surface area contributed by atoms with Crippen LogP contribution in [0.4, 0.5) is 0 Å². The molecule has 1 aromatic rings. The minimum atomic E-state index is -0.642. The van der Waals surface area contributed by atoms with Crippen molar-refractivity contribution in [1.82, 2.24) is 0 Å². The lowest BCUT2D eigenvalue weighted by molar-refractivity contribution is -0.0336. The Morgan fingerprint density at radius 1 is 1.22 bits per heavy atom. The Labute approximate surface area is 110 Å². The molecule has 1 aliphatic rings. The molecular formula is C16H24O2. The summed E-state index contributed by atoms with van der Waals surface area (Å²) in [6, 6.07) is 7.93. The van der Waals surface area contributed by atoms with Gasteiger partial charge in [0.15, 0.2) is 0 Å². The molecule has 1 saturated carbocycles. The fraction of sp³-hybridized carbons (Fsp3) is 0.625. The van der Waals surface area contributed by atoms with Crippen molar-refractivity contribution in [3.05, 3.63) is 29.8 Å². The van der Waals surface area contributed by atoms with Crippen LogP contribution >= 0.6 is 0 Å². The van der Waals surface area contributed by atoms with Crippen LogP contribution in [0.3, 0.4) is 0 Å². The third-order valence-corrected chi connectivity index (χ3v) is 4.35. The van der Waals surface area contributed by atoms with Crippen molar-refractivity contribution < 1.29 is 9.84 Å². The lowest BCUT2D eigenvalue weighted by Gasteiger charge is -2.39. The van der Waals surface area contributed by atoms with E-state index >= 15 is 0 Å². The quantitative estimate of drug-likeness (QED) is 0.883. The van der Waals surface area contributed by atoms with Gasteiger partial charge in [-0.15, -0.1) is 0 Å². The van der Waals surface area contributed by atoms with Gasteiger partial charge in [0.25, 0.3) is 0 Å². The molecule has 1 aliphatic carbocycles. The molecule has 0 radical (unpaired) electrons. The largest absolute Gasteiger partial charge is 0.494 e. The molecule has 18 heavy (non-hydrogen) atoms. The summed E-state index contributed by atoms with van der Waals surface area (Å²) in [6.07, 6.45) is 2.83. The highest BCUT2D eigenvalue weighted by atomic mass is 16.5. The molecule has 0 saturated heterocycles. The van der Waals surface area contributed by atoms with E-state index in [2.05, 4.69) is 13.8 Å². The zero-order chi connectivity index (χ0) is 13.2. The second kappa shape index (κ2) is 5.31. The molecule has 1 fully saturated rings. The molecule has 100 valence electrons. The Bertz CT molecular complexity index is 385. The normalized spacial score (nSPS) is 32.2. The van der Waals surface area contributed by atoms with E-state index in [0.717, 1.165) is 30.6 Å². The van der Waals surface area contributed by atoms with E-state index in [-0.39, 0.29) is 0 Å². The highest BCUT2D eigenvalue weighted by molar-refractivity contribution is 5.31. The van der Waals surface area contributed by atoms with Crippen LogP contribution in [-0.4, -0.2) is 11.7 Å². The zero-order valence-corrected chi connectivity index (χ0v) is 11.6. The summed E-state index contributed by atoms with van der Waals surface area (Å²) in [4.78, 5) is 0. The van der Waals surface area contributed by atoms with Crippen molar-refractivity contribution in [2.45, 2.75) is 45.6 Å². The number of hydrogen-bond acceptors (Lipinski definition) is 2. The summed E-state index contributed by atoms with van der Waals surface area (Å²) in [5, 5.41) is 10.8. The van der Waals surface area contributed by atoms with Gasteiger partial charge in [0, 0.05) is 0 Å². The fourth-order valence-corrected chi connectivity index (χ4v) is 2.88. The van der Waals surface area contributed by atoms with E-state index in [4.69, 9.17) is 4.74 Å². The number of aliphatic hydroxyl groups is 1. The summed E-state index contributed by atoms with van der Waals surface area (Å²) < 4.78 is 5.44. The van der Waals surface area contributed by atoms with Crippen LogP contribution in [0.1, 0.15) is 45.6 Å². The average molecular weight is 248 g/mol. The smallest absolute Gasteiger partial charge is 0.119 e. The minimum Gasteiger partial charge on any atom is -0.494 e. The van der Waals surface area contributed by atoms with Crippen LogP contribution in [0.25, 0.3) is 0 Å². The van der Waals surface area contributed by atoms with Crippen LogP contribution in [0.2, 0.25) is 0 Å². The topological polar surface area (TPSA) is 29.5 Å². The molecule has 1 N–H and O–H groups in total.